The van der Waals surface area contributed by atoms with Crippen molar-refractivity contribution in [1.82, 2.24) is 19.6 Å². The monoisotopic (exact) mass is 408 g/mol. The zero-order valence-corrected chi connectivity index (χ0v) is 17.6. The number of nitrogens with zero attached hydrogens (tertiary/aromatic N) is 4. The molecule has 0 atom stereocenters. The van der Waals surface area contributed by atoms with Crippen LogP contribution in [0.1, 0.15) is 34.6 Å². The molecule has 1 aliphatic rings. The fraction of sp³-hybridized carbons (Fsp3) is 0.500. The van der Waals surface area contributed by atoms with E-state index in [0.717, 1.165) is 44.7 Å². The summed E-state index contributed by atoms with van der Waals surface area (Å²) in [7, 11) is 3.73. The van der Waals surface area contributed by atoms with Crippen LogP contribution in [-0.4, -0.2) is 52.2 Å². The predicted molar refractivity (Wildman–Crippen MR) is 109 cm³/mol. The van der Waals surface area contributed by atoms with Crippen LogP contribution in [0.5, 0.6) is 0 Å². The van der Waals surface area contributed by atoms with Crippen LogP contribution in [-0.2, 0) is 13.6 Å². The third-order valence-corrected chi connectivity index (χ3v) is 6.05. The first kappa shape index (κ1) is 20.2. The highest BCUT2D eigenvalue weighted by Crippen LogP contribution is 2.25. The summed E-state index contributed by atoms with van der Waals surface area (Å²) in [6.07, 6.45) is 2.17. The number of likely N-dealkylation sites (tertiary alicyclic amines) is 1. The molecule has 0 spiro atoms. The average molecular weight is 409 g/mol. The second kappa shape index (κ2) is 8.63. The number of hydrogen-bond acceptors (Lipinski definition) is 3. The Bertz CT molecular complexity index is 793. The minimum atomic E-state index is -0.00284. The standard InChI is InChI=1S/C20H26Cl2N4O/c1-14-10-19(23-25(14)3)20(27)24(2)12-15-6-8-26(9-7-15)13-16-4-5-17(21)18(22)11-16/h4-5,10-11,15H,6-9,12-13H2,1-3H3. The Morgan fingerprint density at radius 2 is 1.93 bits per heavy atom. The molecule has 1 aromatic carbocycles. The second-order valence-electron chi connectivity index (χ2n) is 7.45. The fourth-order valence-electron chi connectivity index (χ4n) is 3.55. The van der Waals surface area contributed by atoms with Crippen LogP contribution in [0.4, 0.5) is 0 Å². The number of benzene rings is 1. The van der Waals surface area contributed by atoms with Gasteiger partial charge in [-0.25, -0.2) is 0 Å². The van der Waals surface area contributed by atoms with Crippen LogP contribution < -0.4 is 0 Å². The van der Waals surface area contributed by atoms with Crippen molar-refractivity contribution in [2.75, 3.05) is 26.7 Å². The predicted octanol–water partition coefficient (Wildman–Crippen LogP) is 4.02. The number of amides is 1. The summed E-state index contributed by atoms with van der Waals surface area (Å²) in [6.45, 7) is 5.65. The summed E-state index contributed by atoms with van der Waals surface area (Å²) in [5, 5.41) is 5.49. The van der Waals surface area contributed by atoms with Crippen molar-refractivity contribution in [2.45, 2.75) is 26.3 Å². The van der Waals surface area contributed by atoms with Crippen molar-refractivity contribution < 1.29 is 4.79 Å². The van der Waals surface area contributed by atoms with Crippen LogP contribution in [0.2, 0.25) is 10.0 Å². The van der Waals surface area contributed by atoms with Gasteiger partial charge < -0.3 is 4.90 Å². The number of hydrogen-bond donors (Lipinski definition) is 0. The lowest BCUT2D eigenvalue weighted by Crippen LogP contribution is -2.39. The second-order valence-corrected chi connectivity index (χ2v) is 8.26. The molecule has 1 saturated heterocycles. The molecule has 0 unspecified atom stereocenters. The Balaban J connectivity index is 1.48. The van der Waals surface area contributed by atoms with Crippen LogP contribution in [0.25, 0.3) is 0 Å². The van der Waals surface area contributed by atoms with Crippen LogP contribution in [0, 0.1) is 12.8 Å². The van der Waals surface area contributed by atoms with Crippen LogP contribution in [0.15, 0.2) is 24.3 Å². The lowest BCUT2D eigenvalue weighted by Gasteiger charge is -2.33. The van der Waals surface area contributed by atoms with Gasteiger partial charge in [0.2, 0.25) is 0 Å². The maximum absolute atomic E-state index is 12.6. The number of aryl methyl sites for hydroxylation is 2. The molecule has 2 heterocycles. The molecule has 1 aromatic heterocycles. The quantitative estimate of drug-likeness (QED) is 0.749. The topological polar surface area (TPSA) is 41.4 Å². The number of aromatic nitrogens is 2. The Morgan fingerprint density at radius 1 is 1.22 bits per heavy atom. The molecule has 0 aliphatic carbocycles. The Morgan fingerprint density at radius 3 is 2.52 bits per heavy atom. The van der Waals surface area contributed by atoms with Gasteiger partial charge >= 0.3 is 0 Å². The Hall–Kier alpha value is -1.56. The van der Waals surface area contributed by atoms with E-state index in [2.05, 4.69) is 10.00 Å². The Labute approximate surface area is 170 Å². The van der Waals surface area contributed by atoms with Crippen molar-refractivity contribution in [3.63, 3.8) is 0 Å². The lowest BCUT2D eigenvalue weighted by molar-refractivity contribution is 0.0731. The van der Waals surface area contributed by atoms with Gasteiger partial charge in [-0.2, -0.15) is 5.10 Å². The first-order valence-corrected chi connectivity index (χ1v) is 10.0. The maximum atomic E-state index is 12.6. The van der Waals surface area contributed by atoms with Gasteiger partial charge in [-0.15, -0.1) is 0 Å². The molecule has 2 aromatic rings. The minimum absolute atomic E-state index is 0.00284. The molecule has 27 heavy (non-hydrogen) atoms. The molecule has 5 nitrogen and oxygen atoms in total. The summed E-state index contributed by atoms with van der Waals surface area (Å²) in [4.78, 5) is 16.8. The SMILES string of the molecule is Cc1cc(C(=O)N(C)CC2CCN(Cc3ccc(Cl)c(Cl)c3)CC2)nn1C. The van der Waals surface area contributed by atoms with Gasteiger partial charge in [-0.05, 0) is 62.5 Å². The van der Waals surface area contributed by atoms with E-state index in [-0.39, 0.29) is 5.91 Å². The van der Waals surface area contributed by atoms with Crippen molar-refractivity contribution in [2.24, 2.45) is 13.0 Å². The van der Waals surface area contributed by atoms with Crippen LogP contribution >= 0.6 is 23.2 Å². The van der Waals surface area contributed by atoms with E-state index < -0.39 is 0 Å². The normalized spacial score (nSPS) is 15.9. The van der Waals surface area contributed by atoms with Gasteiger partial charge in [0.1, 0.15) is 0 Å². The smallest absolute Gasteiger partial charge is 0.274 e. The van der Waals surface area contributed by atoms with E-state index in [4.69, 9.17) is 23.2 Å². The fourth-order valence-corrected chi connectivity index (χ4v) is 3.87. The van der Waals surface area contributed by atoms with Crippen molar-refractivity contribution >= 4 is 29.1 Å². The lowest BCUT2D eigenvalue weighted by atomic mass is 9.96. The largest absolute Gasteiger partial charge is 0.340 e. The summed E-state index contributed by atoms with van der Waals surface area (Å²) in [5.74, 6) is 0.519. The van der Waals surface area contributed by atoms with Gasteiger partial charge in [0.05, 0.1) is 10.0 Å². The molecule has 0 N–H and O–H groups in total. The van der Waals surface area contributed by atoms with Gasteiger partial charge in [0, 0.05) is 32.9 Å². The Kier molecular flexibility index (Phi) is 6.45. The van der Waals surface area contributed by atoms with Crippen molar-refractivity contribution in [1.29, 1.82) is 0 Å². The van der Waals surface area contributed by atoms with E-state index in [9.17, 15) is 4.79 Å². The van der Waals surface area contributed by atoms with E-state index in [1.165, 1.54) is 5.56 Å². The molecule has 146 valence electrons. The third kappa shape index (κ3) is 5.03. The molecular formula is C20H26Cl2N4O. The number of carbonyl (C=O) groups is 1. The number of rotatable bonds is 5. The summed E-state index contributed by atoms with van der Waals surface area (Å²) < 4.78 is 1.74. The van der Waals surface area contributed by atoms with E-state index in [0.29, 0.717) is 21.7 Å². The maximum Gasteiger partial charge on any atom is 0.274 e. The molecule has 1 fully saturated rings. The molecule has 7 heteroatoms. The number of piperidine rings is 1. The van der Waals surface area contributed by atoms with Gasteiger partial charge in [0.25, 0.3) is 5.91 Å². The first-order valence-electron chi connectivity index (χ1n) is 9.26. The van der Waals surface area contributed by atoms with Crippen molar-refractivity contribution in [3.05, 3.63) is 51.3 Å². The minimum Gasteiger partial charge on any atom is -0.340 e. The zero-order chi connectivity index (χ0) is 19.6. The molecule has 3 rings (SSSR count). The highest BCUT2D eigenvalue weighted by molar-refractivity contribution is 6.42. The highest BCUT2D eigenvalue weighted by atomic mass is 35.5. The van der Waals surface area contributed by atoms with Gasteiger partial charge in [-0.1, -0.05) is 29.3 Å². The van der Waals surface area contributed by atoms with Gasteiger partial charge in [0.15, 0.2) is 5.69 Å². The molecule has 0 radical (unpaired) electrons. The highest BCUT2D eigenvalue weighted by Gasteiger charge is 2.23. The van der Waals surface area contributed by atoms with Crippen molar-refractivity contribution in [3.8, 4) is 0 Å². The molecule has 1 amide bonds. The van der Waals surface area contributed by atoms with E-state index in [1.807, 2.05) is 45.3 Å². The number of halogens is 2. The summed E-state index contributed by atoms with van der Waals surface area (Å²) in [6, 6.07) is 7.67. The average Bonchev–Trinajstić information content (AvgIpc) is 2.98. The first-order chi connectivity index (χ1) is 12.8. The number of carbonyl (C=O) groups excluding carboxylic acids is 1. The van der Waals surface area contributed by atoms with E-state index >= 15 is 0 Å². The summed E-state index contributed by atoms with van der Waals surface area (Å²) >= 11 is 12.1. The van der Waals surface area contributed by atoms with E-state index in [1.54, 1.807) is 9.58 Å². The molecule has 0 bridgehead atoms. The molecule has 0 saturated carbocycles. The molecule has 1 aliphatic heterocycles. The van der Waals surface area contributed by atoms with Crippen LogP contribution in [0.3, 0.4) is 0 Å². The summed E-state index contributed by atoms with van der Waals surface area (Å²) in [5.41, 5.74) is 2.69. The third-order valence-electron chi connectivity index (χ3n) is 5.31. The zero-order valence-electron chi connectivity index (χ0n) is 16.1. The molecular weight excluding hydrogens is 383 g/mol. The van der Waals surface area contributed by atoms with Gasteiger partial charge in [-0.3, -0.25) is 14.4 Å².